The van der Waals surface area contributed by atoms with Crippen LogP contribution in [0, 0.1) is 11.2 Å². The van der Waals surface area contributed by atoms with Crippen molar-refractivity contribution in [3.05, 3.63) is 24.1 Å². The summed E-state index contributed by atoms with van der Waals surface area (Å²) < 4.78 is 38.9. The van der Waals surface area contributed by atoms with E-state index in [0.29, 0.717) is 0 Å². The Balaban J connectivity index is 2.34. The van der Waals surface area contributed by atoms with Gasteiger partial charge in [0, 0.05) is 19.3 Å². The fourth-order valence-corrected chi connectivity index (χ4v) is 3.52. The molecule has 6 nitrogen and oxygen atoms in total. The quantitative estimate of drug-likeness (QED) is 0.885. The van der Waals surface area contributed by atoms with Crippen LogP contribution in [-0.4, -0.2) is 41.9 Å². The number of aromatic nitrogens is 1. The van der Waals surface area contributed by atoms with Gasteiger partial charge in [-0.05, 0) is 25.5 Å². The number of rotatable bonds is 3. The van der Waals surface area contributed by atoms with Gasteiger partial charge in [-0.2, -0.15) is 4.31 Å². The van der Waals surface area contributed by atoms with E-state index in [1.807, 2.05) is 0 Å². The minimum absolute atomic E-state index is 0.0428. The molecule has 0 saturated carbocycles. The van der Waals surface area contributed by atoms with Gasteiger partial charge in [0.05, 0.1) is 5.41 Å². The fourth-order valence-electron chi connectivity index (χ4n) is 1.98. The van der Waals surface area contributed by atoms with Gasteiger partial charge in [0.1, 0.15) is 0 Å². The van der Waals surface area contributed by atoms with Crippen LogP contribution in [0.25, 0.3) is 0 Å². The number of carboxylic acid groups (broad SMARTS) is 1. The number of pyridine rings is 1. The first-order valence-corrected chi connectivity index (χ1v) is 7.05. The number of hydrogen-bond acceptors (Lipinski definition) is 4. The number of aliphatic carboxylic acids is 1. The molecule has 1 aromatic heterocycles. The third kappa shape index (κ3) is 2.33. The van der Waals surface area contributed by atoms with Gasteiger partial charge in [-0.3, -0.25) is 4.79 Å². The van der Waals surface area contributed by atoms with Gasteiger partial charge in [0.2, 0.25) is 5.03 Å². The lowest BCUT2D eigenvalue weighted by atomic mass is 9.90. The Hall–Kier alpha value is -1.54. The zero-order valence-electron chi connectivity index (χ0n) is 10.2. The van der Waals surface area contributed by atoms with Crippen LogP contribution >= 0.6 is 0 Å². The molecule has 2 heterocycles. The highest BCUT2D eigenvalue weighted by Crippen LogP contribution is 2.33. The van der Waals surface area contributed by atoms with Crippen molar-refractivity contribution in [2.75, 3.05) is 13.1 Å². The van der Waals surface area contributed by atoms with E-state index in [1.54, 1.807) is 0 Å². The van der Waals surface area contributed by atoms with Crippen LogP contribution in [0.15, 0.2) is 23.4 Å². The van der Waals surface area contributed by atoms with Crippen LogP contribution in [0.2, 0.25) is 0 Å². The third-order valence-electron chi connectivity index (χ3n) is 3.26. The van der Waals surface area contributed by atoms with Crippen LogP contribution in [0.4, 0.5) is 4.39 Å². The summed E-state index contributed by atoms with van der Waals surface area (Å²) in [6, 6.07) is 2.30. The Bertz CT molecular complexity index is 619. The fraction of sp³-hybridized carbons (Fsp3) is 0.455. The van der Waals surface area contributed by atoms with E-state index >= 15 is 0 Å². The second kappa shape index (κ2) is 4.53. The highest BCUT2D eigenvalue weighted by atomic mass is 32.2. The normalized spacial score (nSPS) is 24.5. The summed E-state index contributed by atoms with van der Waals surface area (Å²) in [5, 5.41) is 8.41. The minimum Gasteiger partial charge on any atom is -0.481 e. The van der Waals surface area contributed by atoms with E-state index < -0.39 is 32.3 Å². The monoisotopic (exact) mass is 288 g/mol. The molecule has 0 aromatic carbocycles. The molecule has 1 aromatic rings. The van der Waals surface area contributed by atoms with Crippen molar-refractivity contribution in [3.8, 4) is 0 Å². The molecule has 0 spiro atoms. The smallest absolute Gasteiger partial charge is 0.310 e. The maximum atomic E-state index is 13.5. The number of sulfonamides is 1. The third-order valence-corrected chi connectivity index (χ3v) is 5.04. The number of nitrogens with zero attached hydrogens (tertiary/aromatic N) is 2. The number of carbonyl (C=O) groups is 1. The molecule has 19 heavy (non-hydrogen) atoms. The first-order chi connectivity index (χ1) is 8.77. The van der Waals surface area contributed by atoms with Crippen molar-refractivity contribution in [3.63, 3.8) is 0 Å². The SMILES string of the molecule is CC1(C(=O)O)CCN(S(=O)(=O)c2ncccc2F)C1. The van der Waals surface area contributed by atoms with Crippen LogP contribution in [-0.2, 0) is 14.8 Å². The zero-order chi connectivity index (χ0) is 14.3. The molecule has 0 bridgehead atoms. The van der Waals surface area contributed by atoms with E-state index in [0.717, 1.165) is 10.4 Å². The summed E-state index contributed by atoms with van der Waals surface area (Å²) in [4.78, 5) is 14.6. The second-order valence-electron chi connectivity index (χ2n) is 4.74. The van der Waals surface area contributed by atoms with Gasteiger partial charge in [-0.15, -0.1) is 0 Å². The molecule has 1 unspecified atom stereocenters. The Morgan fingerprint density at radius 1 is 1.58 bits per heavy atom. The van der Waals surface area contributed by atoms with E-state index in [1.165, 1.54) is 19.2 Å². The molecule has 1 atom stereocenters. The van der Waals surface area contributed by atoms with Crippen LogP contribution in [0.5, 0.6) is 0 Å². The van der Waals surface area contributed by atoms with Crippen molar-refractivity contribution in [1.82, 2.24) is 9.29 Å². The van der Waals surface area contributed by atoms with E-state index in [4.69, 9.17) is 5.11 Å². The van der Waals surface area contributed by atoms with E-state index in [9.17, 15) is 17.6 Å². The lowest BCUT2D eigenvalue weighted by molar-refractivity contribution is -0.146. The summed E-state index contributed by atoms with van der Waals surface area (Å²) >= 11 is 0. The highest BCUT2D eigenvalue weighted by Gasteiger charge is 2.45. The summed E-state index contributed by atoms with van der Waals surface area (Å²) in [5.74, 6) is -2.00. The number of halogens is 1. The average molecular weight is 288 g/mol. The topological polar surface area (TPSA) is 87.6 Å². The van der Waals surface area contributed by atoms with E-state index in [2.05, 4.69) is 4.98 Å². The first kappa shape index (κ1) is 13.9. The largest absolute Gasteiger partial charge is 0.481 e. The van der Waals surface area contributed by atoms with Gasteiger partial charge < -0.3 is 5.11 Å². The van der Waals surface area contributed by atoms with Gasteiger partial charge in [-0.25, -0.2) is 17.8 Å². The van der Waals surface area contributed by atoms with Crippen LogP contribution in [0.3, 0.4) is 0 Å². The molecule has 1 aliphatic rings. The van der Waals surface area contributed by atoms with Crippen molar-refractivity contribution in [1.29, 1.82) is 0 Å². The molecule has 8 heteroatoms. The van der Waals surface area contributed by atoms with Gasteiger partial charge in [0.15, 0.2) is 5.82 Å². The summed E-state index contributed by atoms with van der Waals surface area (Å²) in [7, 11) is -4.09. The lowest BCUT2D eigenvalue weighted by Gasteiger charge is -2.19. The van der Waals surface area contributed by atoms with Gasteiger partial charge >= 0.3 is 5.97 Å². The van der Waals surface area contributed by atoms with Gasteiger partial charge in [0.25, 0.3) is 10.0 Å². The molecule has 0 amide bonds. The van der Waals surface area contributed by atoms with Crippen molar-refractivity contribution in [2.45, 2.75) is 18.4 Å². The summed E-state index contributed by atoms with van der Waals surface area (Å²) in [6.07, 6.45) is 1.37. The Morgan fingerprint density at radius 3 is 2.79 bits per heavy atom. The predicted molar refractivity (Wildman–Crippen MR) is 63.3 cm³/mol. The van der Waals surface area contributed by atoms with Crippen molar-refractivity contribution >= 4 is 16.0 Å². The molecule has 1 fully saturated rings. The average Bonchev–Trinajstić information content (AvgIpc) is 2.74. The zero-order valence-corrected chi connectivity index (χ0v) is 11.0. The molecule has 0 aliphatic carbocycles. The number of carboxylic acids is 1. The van der Waals surface area contributed by atoms with Crippen molar-refractivity contribution in [2.24, 2.45) is 5.41 Å². The molecule has 0 radical (unpaired) electrons. The van der Waals surface area contributed by atoms with E-state index in [-0.39, 0.29) is 19.5 Å². The van der Waals surface area contributed by atoms with Crippen LogP contribution < -0.4 is 0 Å². The first-order valence-electron chi connectivity index (χ1n) is 5.61. The molecule has 1 N–H and O–H groups in total. The minimum atomic E-state index is -4.09. The van der Waals surface area contributed by atoms with Crippen molar-refractivity contribution < 1.29 is 22.7 Å². The molecule has 1 saturated heterocycles. The van der Waals surface area contributed by atoms with Gasteiger partial charge in [-0.1, -0.05) is 0 Å². The lowest BCUT2D eigenvalue weighted by Crippen LogP contribution is -2.35. The molecular weight excluding hydrogens is 275 g/mol. The molecule has 104 valence electrons. The molecule has 2 rings (SSSR count). The van der Waals surface area contributed by atoms with Crippen LogP contribution in [0.1, 0.15) is 13.3 Å². The second-order valence-corrected chi connectivity index (χ2v) is 6.60. The highest BCUT2D eigenvalue weighted by molar-refractivity contribution is 7.89. The number of hydrogen-bond donors (Lipinski definition) is 1. The Labute approximate surface area is 109 Å². The molecule has 1 aliphatic heterocycles. The predicted octanol–water partition coefficient (Wildman–Crippen LogP) is 0.706. The summed E-state index contributed by atoms with van der Waals surface area (Å²) in [5.41, 5.74) is -1.14. The molecular formula is C11H13FN2O4S. The maximum absolute atomic E-state index is 13.5. The Kier molecular flexibility index (Phi) is 3.31. The maximum Gasteiger partial charge on any atom is 0.310 e. The Morgan fingerprint density at radius 2 is 2.26 bits per heavy atom. The standard InChI is InChI=1S/C11H13FN2O4S/c1-11(10(15)16)4-6-14(7-11)19(17,18)9-8(12)3-2-5-13-9/h2-3,5H,4,6-7H2,1H3,(H,15,16). The summed E-state index contributed by atoms with van der Waals surface area (Å²) in [6.45, 7) is 1.33.